The van der Waals surface area contributed by atoms with E-state index < -0.39 is 12.1 Å². The number of amides is 1. The van der Waals surface area contributed by atoms with Gasteiger partial charge in [-0.2, -0.15) is 0 Å². The Morgan fingerprint density at radius 1 is 0.412 bits per heavy atom. The van der Waals surface area contributed by atoms with Gasteiger partial charge in [-0.25, -0.2) is 0 Å². The smallest absolute Gasteiger partial charge is 0.305 e. The highest BCUT2D eigenvalue weighted by Gasteiger charge is 2.17. The quantitative estimate of drug-likeness (QED) is 0.0321. The minimum Gasteiger partial charge on any atom is -0.466 e. The zero-order valence-electron chi connectivity index (χ0n) is 45.1. The summed E-state index contributed by atoms with van der Waals surface area (Å²) in [4.78, 5) is 24.5. The predicted molar refractivity (Wildman–Crippen MR) is 296 cm³/mol. The van der Waals surface area contributed by atoms with Crippen LogP contribution >= 0.6 is 0 Å². The van der Waals surface area contributed by atoms with E-state index in [1.165, 1.54) is 199 Å². The van der Waals surface area contributed by atoms with Gasteiger partial charge in [0.05, 0.1) is 25.4 Å². The zero-order chi connectivity index (χ0) is 49.3. The summed E-state index contributed by atoms with van der Waals surface area (Å²) in [5.41, 5.74) is 0. The molecule has 396 valence electrons. The first-order valence-corrected chi connectivity index (χ1v) is 29.6. The van der Waals surface area contributed by atoms with E-state index in [0.717, 1.165) is 64.2 Å². The standard InChI is InChI=1S/C62H113NO5/c1-3-5-7-9-11-13-15-17-19-20-21-22-23-24-25-26-27-28-30-34-38-42-46-50-54-60(65)59(58-64)63-61(66)55-51-47-43-39-35-31-29-33-37-41-45-49-53-57-68-62(67)56-52-48-44-40-36-32-18-16-14-12-10-8-6-4-2/h10,12,16,18,31,35,43,47,50,54,59-60,64-65H,3-9,11,13-15,17,19-30,32-34,36-42,44-46,48-49,51-53,55-58H2,1-2H3,(H,63,66)/b12-10-,18-16-,35-31-,47-43-,54-50+. The maximum absolute atomic E-state index is 12.4. The monoisotopic (exact) mass is 952 g/mol. The Labute approximate surface area is 422 Å². The Bertz CT molecular complexity index is 1190. The number of esters is 1. The summed E-state index contributed by atoms with van der Waals surface area (Å²) < 4.78 is 5.44. The Kier molecular flexibility index (Phi) is 55.1. The number of rotatable bonds is 54. The molecule has 0 aromatic rings. The number of unbranched alkanes of at least 4 members (excludes halogenated alkanes) is 35. The van der Waals surface area contributed by atoms with Crippen molar-refractivity contribution in [3.05, 3.63) is 60.8 Å². The fraction of sp³-hybridized carbons (Fsp3) is 0.806. The number of nitrogens with one attached hydrogen (secondary N) is 1. The first-order chi connectivity index (χ1) is 33.5. The highest BCUT2D eigenvalue weighted by atomic mass is 16.5. The number of aliphatic hydroxyl groups is 2. The zero-order valence-corrected chi connectivity index (χ0v) is 45.1. The first-order valence-electron chi connectivity index (χ1n) is 29.6. The highest BCUT2D eigenvalue weighted by Crippen LogP contribution is 2.16. The molecule has 2 unspecified atom stereocenters. The Morgan fingerprint density at radius 3 is 1.19 bits per heavy atom. The molecule has 0 fully saturated rings. The summed E-state index contributed by atoms with van der Waals surface area (Å²) in [5, 5.41) is 23.1. The van der Waals surface area contributed by atoms with Crippen molar-refractivity contribution in [1.82, 2.24) is 5.32 Å². The summed E-state index contributed by atoms with van der Waals surface area (Å²) in [6.07, 6.45) is 74.0. The maximum Gasteiger partial charge on any atom is 0.305 e. The molecule has 1 amide bonds. The van der Waals surface area contributed by atoms with Gasteiger partial charge in [0, 0.05) is 12.8 Å². The van der Waals surface area contributed by atoms with Gasteiger partial charge in [-0.15, -0.1) is 0 Å². The molecule has 0 aromatic heterocycles. The fourth-order valence-corrected chi connectivity index (χ4v) is 8.70. The molecule has 0 heterocycles. The molecule has 0 aliphatic heterocycles. The number of carbonyl (C=O) groups is 2. The van der Waals surface area contributed by atoms with Crippen molar-refractivity contribution in [2.24, 2.45) is 0 Å². The molecule has 0 aliphatic carbocycles. The van der Waals surface area contributed by atoms with E-state index in [2.05, 4.69) is 61.7 Å². The number of hydrogen-bond acceptors (Lipinski definition) is 5. The van der Waals surface area contributed by atoms with Crippen molar-refractivity contribution in [2.75, 3.05) is 13.2 Å². The molecule has 0 bridgehead atoms. The van der Waals surface area contributed by atoms with Gasteiger partial charge in [-0.05, 0) is 77.0 Å². The number of carbonyl (C=O) groups excluding carboxylic acids is 2. The van der Waals surface area contributed by atoms with Crippen molar-refractivity contribution in [3.63, 3.8) is 0 Å². The van der Waals surface area contributed by atoms with Gasteiger partial charge in [0.1, 0.15) is 0 Å². The van der Waals surface area contributed by atoms with E-state index in [0.29, 0.717) is 25.9 Å². The van der Waals surface area contributed by atoms with Crippen LogP contribution in [0.3, 0.4) is 0 Å². The summed E-state index contributed by atoms with van der Waals surface area (Å²) in [6, 6.07) is -0.675. The molecule has 6 heteroatoms. The van der Waals surface area contributed by atoms with E-state index in [-0.39, 0.29) is 18.5 Å². The van der Waals surface area contributed by atoms with Crippen LogP contribution in [0.25, 0.3) is 0 Å². The molecular weight excluding hydrogens is 839 g/mol. The van der Waals surface area contributed by atoms with Crippen molar-refractivity contribution in [1.29, 1.82) is 0 Å². The van der Waals surface area contributed by atoms with E-state index in [9.17, 15) is 19.8 Å². The molecule has 0 spiro atoms. The predicted octanol–water partition coefficient (Wildman–Crippen LogP) is 18.4. The maximum atomic E-state index is 12.4. The first kappa shape index (κ1) is 65.6. The SMILES string of the molecule is CCCC/C=C\C/C=C\CCCCCCCC(=O)OCCCCCCCC/C=C\C/C=C\CCC(=O)NC(CO)C(O)/C=C/CCCCCCCCCCCCCCCCCCCCCCCC. The van der Waals surface area contributed by atoms with Crippen LogP contribution < -0.4 is 5.32 Å². The van der Waals surface area contributed by atoms with Crippen LogP contribution in [0.1, 0.15) is 296 Å². The molecule has 0 rings (SSSR count). The molecule has 2 atom stereocenters. The average Bonchev–Trinajstić information content (AvgIpc) is 3.34. The third-order valence-corrected chi connectivity index (χ3v) is 13.3. The van der Waals surface area contributed by atoms with Gasteiger partial charge < -0.3 is 20.3 Å². The molecule has 6 nitrogen and oxygen atoms in total. The number of hydrogen-bond donors (Lipinski definition) is 3. The largest absolute Gasteiger partial charge is 0.466 e. The van der Waals surface area contributed by atoms with E-state index in [1.807, 2.05) is 12.2 Å². The van der Waals surface area contributed by atoms with Gasteiger partial charge in [0.2, 0.25) is 5.91 Å². The van der Waals surface area contributed by atoms with Crippen LogP contribution in [0.5, 0.6) is 0 Å². The van der Waals surface area contributed by atoms with Gasteiger partial charge in [-0.3, -0.25) is 9.59 Å². The van der Waals surface area contributed by atoms with Crippen molar-refractivity contribution in [3.8, 4) is 0 Å². The number of allylic oxidation sites excluding steroid dienone is 9. The number of aliphatic hydroxyl groups excluding tert-OH is 2. The van der Waals surface area contributed by atoms with Crippen LogP contribution in [-0.2, 0) is 14.3 Å². The summed E-state index contributed by atoms with van der Waals surface area (Å²) in [5.74, 6) is -0.182. The lowest BCUT2D eigenvalue weighted by atomic mass is 10.0. The fourth-order valence-electron chi connectivity index (χ4n) is 8.70. The Morgan fingerprint density at radius 2 is 0.765 bits per heavy atom. The minimum atomic E-state index is -0.882. The third kappa shape index (κ3) is 52.9. The van der Waals surface area contributed by atoms with Crippen LogP contribution in [0.4, 0.5) is 0 Å². The lowest BCUT2D eigenvalue weighted by molar-refractivity contribution is -0.143. The van der Waals surface area contributed by atoms with Crippen LogP contribution in [0, 0.1) is 0 Å². The highest BCUT2D eigenvalue weighted by molar-refractivity contribution is 5.76. The second-order valence-corrected chi connectivity index (χ2v) is 20.0. The topological polar surface area (TPSA) is 95.9 Å². The summed E-state index contributed by atoms with van der Waals surface area (Å²) >= 11 is 0. The lowest BCUT2D eigenvalue weighted by Gasteiger charge is -2.19. The van der Waals surface area contributed by atoms with Crippen LogP contribution in [0.15, 0.2) is 60.8 Å². The Balaban J connectivity index is 3.58. The van der Waals surface area contributed by atoms with E-state index in [4.69, 9.17) is 4.74 Å². The lowest BCUT2D eigenvalue weighted by Crippen LogP contribution is -2.45. The number of ether oxygens (including phenoxy) is 1. The normalized spacial score (nSPS) is 13.1. The van der Waals surface area contributed by atoms with Gasteiger partial charge in [0.25, 0.3) is 0 Å². The third-order valence-electron chi connectivity index (χ3n) is 13.3. The average molecular weight is 953 g/mol. The van der Waals surface area contributed by atoms with E-state index in [1.54, 1.807) is 6.08 Å². The molecular formula is C62H113NO5. The van der Waals surface area contributed by atoms with Crippen LogP contribution in [-0.4, -0.2) is 47.4 Å². The molecule has 0 saturated heterocycles. The molecule has 0 radical (unpaired) electrons. The van der Waals surface area contributed by atoms with Crippen molar-refractivity contribution >= 4 is 11.9 Å². The summed E-state index contributed by atoms with van der Waals surface area (Å²) in [7, 11) is 0. The van der Waals surface area contributed by atoms with Gasteiger partial charge in [-0.1, -0.05) is 267 Å². The van der Waals surface area contributed by atoms with Crippen molar-refractivity contribution < 1.29 is 24.5 Å². The molecule has 68 heavy (non-hydrogen) atoms. The second-order valence-electron chi connectivity index (χ2n) is 20.0. The van der Waals surface area contributed by atoms with Crippen LogP contribution in [0.2, 0.25) is 0 Å². The second kappa shape index (κ2) is 57.1. The summed E-state index contributed by atoms with van der Waals surface area (Å²) in [6.45, 7) is 4.80. The van der Waals surface area contributed by atoms with E-state index >= 15 is 0 Å². The molecule has 3 N–H and O–H groups in total. The minimum absolute atomic E-state index is 0.0334. The van der Waals surface area contributed by atoms with Gasteiger partial charge in [0.15, 0.2) is 0 Å². The molecule has 0 saturated carbocycles. The molecule has 0 aromatic carbocycles. The van der Waals surface area contributed by atoms with Gasteiger partial charge >= 0.3 is 5.97 Å². The van der Waals surface area contributed by atoms with Crippen molar-refractivity contribution in [2.45, 2.75) is 309 Å². The molecule has 0 aliphatic rings. The Hall–Kier alpha value is -2.44.